The number of carbonyl (C=O) groups is 3. The zero-order chi connectivity index (χ0) is 29.2. The molecule has 0 saturated heterocycles. The third-order valence-electron chi connectivity index (χ3n) is 7.30. The molecule has 1 aromatic rings. The molecule has 216 valence electrons. The molecule has 3 atom stereocenters. The SMILES string of the molecule is CC(C)(C)[C@H](NC(=O)C(Cc1ccc(C(=N)N)cc1)C1CCCCC1)C(=O)N[C@@H](CCCN=C(N)N)C(N)=O. The van der Waals surface area contributed by atoms with Crippen LogP contribution in [0.5, 0.6) is 0 Å². The Balaban J connectivity index is 2.20. The standard InChI is InChI=1S/C28H46N8O3/c1-28(2,3)22(26(39)35-21(24(31)37)10-7-15-34-27(32)33)36-25(38)20(18-8-5-4-6-9-18)16-17-11-13-19(14-12-17)23(29)30/h11-14,18,20-22H,4-10,15-16H2,1-3H3,(H3,29,30)(H2,31,37)(H,35,39)(H,36,38)(H4,32,33,34)/t20?,21-,22+/m0/s1. The molecule has 0 spiro atoms. The number of nitrogens with two attached hydrogens (primary N) is 4. The summed E-state index contributed by atoms with van der Waals surface area (Å²) in [5.41, 5.74) is 22.8. The number of nitrogens with one attached hydrogen (secondary N) is 3. The second-order valence-corrected chi connectivity index (χ2v) is 11.5. The minimum absolute atomic E-state index is 0.00680. The van der Waals surface area contributed by atoms with Crippen LogP contribution in [0.25, 0.3) is 0 Å². The van der Waals surface area contributed by atoms with Crippen LogP contribution in [-0.2, 0) is 20.8 Å². The van der Waals surface area contributed by atoms with Gasteiger partial charge >= 0.3 is 0 Å². The van der Waals surface area contributed by atoms with E-state index in [1.807, 2.05) is 32.9 Å². The van der Waals surface area contributed by atoms with Gasteiger partial charge in [-0.3, -0.25) is 24.8 Å². The topological polar surface area (TPSA) is 216 Å². The summed E-state index contributed by atoms with van der Waals surface area (Å²) < 4.78 is 0. The van der Waals surface area contributed by atoms with Crippen molar-refractivity contribution in [3.05, 3.63) is 35.4 Å². The van der Waals surface area contributed by atoms with Gasteiger partial charge in [-0.05, 0) is 49.0 Å². The number of nitrogens with zero attached hydrogens (tertiary/aromatic N) is 1. The highest BCUT2D eigenvalue weighted by molar-refractivity contribution is 5.95. The summed E-state index contributed by atoms with van der Waals surface area (Å²) in [5, 5.41) is 13.4. The number of amidine groups is 1. The second kappa shape index (κ2) is 14.5. The lowest BCUT2D eigenvalue weighted by molar-refractivity contribution is -0.136. The highest BCUT2D eigenvalue weighted by atomic mass is 16.2. The van der Waals surface area contributed by atoms with Gasteiger partial charge in [0.2, 0.25) is 17.7 Å². The lowest BCUT2D eigenvalue weighted by atomic mass is 9.76. The van der Waals surface area contributed by atoms with Gasteiger partial charge < -0.3 is 33.6 Å². The van der Waals surface area contributed by atoms with E-state index in [-0.39, 0.29) is 36.0 Å². The van der Waals surface area contributed by atoms with E-state index >= 15 is 0 Å². The maximum atomic E-state index is 13.8. The Labute approximate surface area is 231 Å². The molecule has 3 amide bonds. The second-order valence-electron chi connectivity index (χ2n) is 11.5. The van der Waals surface area contributed by atoms with Crippen molar-refractivity contribution >= 4 is 29.5 Å². The summed E-state index contributed by atoms with van der Waals surface area (Å²) in [5.74, 6) is -1.49. The molecule has 1 unspecified atom stereocenters. The zero-order valence-corrected chi connectivity index (χ0v) is 23.5. The van der Waals surface area contributed by atoms with Gasteiger partial charge in [0.1, 0.15) is 17.9 Å². The first kappa shape index (κ1) is 31.6. The molecule has 39 heavy (non-hydrogen) atoms. The monoisotopic (exact) mass is 542 g/mol. The van der Waals surface area contributed by atoms with Gasteiger partial charge in [-0.1, -0.05) is 64.3 Å². The zero-order valence-electron chi connectivity index (χ0n) is 23.5. The van der Waals surface area contributed by atoms with Gasteiger partial charge in [-0.25, -0.2) is 0 Å². The van der Waals surface area contributed by atoms with Crippen molar-refractivity contribution in [1.29, 1.82) is 5.41 Å². The van der Waals surface area contributed by atoms with Gasteiger partial charge in [0.25, 0.3) is 0 Å². The molecule has 11 nitrogen and oxygen atoms in total. The summed E-state index contributed by atoms with van der Waals surface area (Å²) in [6, 6.07) is 5.57. The maximum Gasteiger partial charge on any atom is 0.243 e. The van der Waals surface area contributed by atoms with E-state index < -0.39 is 29.3 Å². The molecule has 0 aromatic heterocycles. The molecule has 0 heterocycles. The van der Waals surface area contributed by atoms with Crippen LogP contribution in [-0.4, -0.2) is 48.1 Å². The number of rotatable bonds is 13. The van der Waals surface area contributed by atoms with E-state index in [2.05, 4.69) is 15.6 Å². The van der Waals surface area contributed by atoms with E-state index in [1.165, 1.54) is 0 Å². The highest BCUT2D eigenvalue weighted by Gasteiger charge is 2.38. The lowest BCUT2D eigenvalue weighted by Crippen LogP contribution is -2.58. The van der Waals surface area contributed by atoms with E-state index in [0.717, 1.165) is 37.7 Å². The Morgan fingerprint density at radius 2 is 1.59 bits per heavy atom. The molecule has 0 bridgehead atoms. The summed E-state index contributed by atoms with van der Waals surface area (Å²) >= 11 is 0. The minimum Gasteiger partial charge on any atom is -0.384 e. The molecule has 1 aliphatic rings. The molecule has 11 heteroatoms. The van der Waals surface area contributed by atoms with Crippen molar-refractivity contribution in [1.82, 2.24) is 10.6 Å². The van der Waals surface area contributed by atoms with E-state index in [1.54, 1.807) is 12.1 Å². The number of aliphatic imine (C=N–C) groups is 1. The van der Waals surface area contributed by atoms with Crippen LogP contribution in [0, 0.1) is 22.7 Å². The summed E-state index contributed by atoms with van der Waals surface area (Å²) in [6.07, 6.45) is 6.44. The number of hydrogen-bond acceptors (Lipinski definition) is 5. The van der Waals surface area contributed by atoms with Gasteiger partial charge in [0, 0.05) is 18.0 Å². The highest BCUT2D eigenvalue weighted by Crippen LogP contribution is 2.33. The Hall–Kier alpha value is -3.63. The molecular weight excluding hydrogens is 496 g/mol. The van der Waals surface area contributed by atoms with Crippen LogP contribution in [0.15, 0.2) is 29.3 Å². The molecule has 1 saturated carbocycles. The first-order chi connectivity index (χ1) is 18.3. The van der Waals surface area contributed by atoms with Gasteiger partial charge in [0.05, 0.1) is 0 Å². The van der Waals surface area contributed by atoms with Crippen LogP contribution >= 0.6 is 0 Å². The molecule has 11 N–H and O–H groups in total. The first-order valence-corrected chi connectivity index (χ1v) is 13.7. The first-order valence-electron chi connectivity index (χ1n) is 13.7. The van der Waals surface area contributed by atoms with Crippen molar-refractivity contribution in [3.63, 3.8) is 0 Å². The minimum atomic E-state index is -0.914. The molecule has 1 aromatic carbocycles. The largest absolute Gasteiger partial charge is 0.384 e. The van der Waals surface area contributed by atoms with Crippen molar-refractivity contribution in [2.75, 3.05) is 6.54 Å². The summed E-state index contributed by atoms with van der Waals surface area (Å²) in [4.78, 5) is 43.2. The molecule has 0 radical (unpaired) electrons. The number of guanidine groups is 1. The van der Waals surface area contributed by atoms with Crippen LogP contribution < -0.4 is 33.6 Å². The normalized spacial score (nSPS) is 16.4. The van der Waals surface area contributed by atoms with Crippen molar-refractivity contribution in [2.45, 2.75) is 84.2 Å². The predicted molar refractivity (Wildman–Crippen MR) is 154 cm³/mol. The number of hydrogen-bond donors (Lipinski definition) is 7. The number of amides is 3. The summed E-state index contributed by atoms with van der Waals surface area (Å²) in [6.45, 7) is 5.90. The Kier molecular flexibility index (Phi) is 11.7. The van der Waals surface area contributed by atoms with Crippen LogP contribution in [0.2, 0.25) is 0 Å². The van der Waals surface area contributed by atoms with Crippen LogP contribution in [0.1, 0.15) is 76.8 Å². The Morgan fingerprint density at radius 3 is 2.10 bits per heavy atom. The average Bonchev–Trinajstić information content (AvgIpc) is 2.87. The molecule has 1 aliphatic carbocycles. The fourth-order valence-corrected chi connectivity index (χ4v) is 5.05. The fraction of sp³-hybridized carbons (Fsp3) is 0.607. The van der Waals surface area contributed by atoms with Gasteiger partial charge in [-0.15, -0.1) is 0 Å². The van der Waals surface area contributed by atoms with E-state index in [0.29, 0.717) is 24.9 Å². The smallest absolute Gasteiger partial charge is 0.243 e. The van der Waals surface area contributed by atoms with Crippen molar-refractivity contribution < 1.29 is 14.4 Å². The quantitative estimate of drug-likeness (QED) is 0.110. The number of benzene rings is 1. The molecule has 2 rings (SSSR count). The number of nitrogen functional groups attached to an aromatic ring is 1. The molecular formula is C28H46N8O3. The van der Waals surface area contributed by atoms with Crippen LogP contribution in [0.3, 0.4) is 0 Å². The Morgan fingerprint density at radius 1 is 0.974 bits per heavy atom. The third-order valence-corrected chi connectivity index (χ3v) is 7.30. The maximum absolute atomic E-state index is 13.8. The molecule has 0 aliphatic heterocycles. The number of primary amides is 1. The number of carbonyl (C=O) groups excluding carboxylic acids is 3. The third kappa shape index (κ3) is 10.2. The van der Waals surface area contributed by atoms with Crippen LogP contribution in [0.4, 0.5) is 0 Å². The lowest BCUT2D eigenvalue weighted by Gasteiger charge is -2.35. The average molecular weight is 543 g/mol. The summed E-state index contributed by atoms with van der Waals surface area (Å²) in [7, 11) is 0. The predicted octanol–water partition coefficient (Wildman–Crippen LogP) is 1.26. The van der Waals surface area contributed by atoms with E-state index in [4.69, 9.17) is 28.3 Å². The van der Waals surface area contributed by atoms with Gasteiger partial charge in [0.15, 0.2) is 5.96 Å². The van der Waals surface area contributed by atoms with Crippen molar-refractivity contribution in [2.24, 2.45) is 45.2 Å². The van der Waals surface area contributed by atoms with E-state index in [9.17, 15) is 14.4 Å². The molecule has 1 fully saturated rings. The van der Waals surface area contributed by atoms with Crippen molar-refractivity contribution in [3.8, 4) is 0 Å². The fourth-order valence-electron chi connectivity index (χ4n) is 5.05. The van der Waals surface area contributed by atoms with Gasteiger partial charge in [-0.2, -0.15) is 0 Å². The Bertz CT molecular complexity index is 1020.